The third-order valence-corrected chi connectivity index (χ3v) is 5.53. The Morgan fingerprint density at radius 3 is 2.85 bits per heavy atom. The molecule has 1 aliphatic heterocycles. The van der Waals surface area contributed by atoms with E-state index in [1.807, 2.05) is 32.1 Å². The number of allylic oxidation sites excluding steroid dienone is 5. The molecule has 3 atom stereocenters. The maximum absolute atomic E-state index is 12.9. The predicted octanol–water partition coefficient (Wildman–Crippen LogP) is 4.74. The molecule has 1 aromatic rings. The molecule has 0 bridgehead atoms. The van der Waals surface area contributed by atoms with Crippen LogP contribution >= 0.6 is 0 Å². The molecule has 33 heavy (non-hydrogen) atoms. The number of benzene rings is 1. The molecule has 0 saturated heterocycles. The number of esters is 1. The third kappa shape index (κ3) is 9.10. The first-order valence-corrected chi connectivity index (χ1v) is 11.6. The molecule has 1 amide bonds. The van der Waals surface area contributed by atoms with Crippen LogP contribution in [0, 0.1) is 5.92 Å². The molecule has 0 aliphatic carbocycles. The Labute approximate surface area is 196 Å². The number of amides is 1. The number of fused-ring (bicyclic) bond motifs is 1. The normalized spacial score (nSPS) is 23.5. The van der Waals surface area contributed by atoms with Gasteiger partial charge in [0.25, 0.3) is 0 Å². The second-order valence-electron chi connectivity index (χ2n) is 8.21. The summed E-state index contributed by atoms with van der Waals surface area (Å²) in [6, 6.07) is 4.96. The van der Waals surface area contributed by atoms with E-state index in [-0.39, 0.29) is 29.6 Å². The number of phenols is 1. The Bertz CT molecular complexity index is 900. The van der Waals surface area contributed by atoms with Crippen molar-refractivity contribution in [1.82, 2.24) is 5.32 Å². The van der Waals surface area contributed by atoms with Gasteiger partial charge < -0.3 is 20.3 Å². The minimum atomic E-state index is -0.642. The Kier molecular flexibility index (Phi) is 11.2. The number of aromatic hydroxyl groups is 1. The van der Waals surface area contributed by atoms with Gasteiger partial charge in [-0.2, -0.15) is 0 Å². The van der Waals surface area contributed by atoms with Crippen LogP contribution in [-0.4, -0.2) is 34.3 Å². The quantitative estimate of drug-likeness (QED) is 0.250. The fraction of sp³-hybridized carbons (Fsp3) is 0.407. The summed E-state index contributed by atoms with van der Waals surface area (Å²) in [5.41, 5.74) is 0.839. The average Bonchev–Trinajstić information content (AvgIpc) is 2.79. The Hall–Kier alpha value is -3.12. The van der Waals surface area contributed by atoms with Gasteiger partial charge in [0, 0.05) is 25.1 Å². The molecule has 178 valence electrons. The lowest BCUT2D eigenvalue weighted by molar-refractivity contribution is -0.115. The van der Waals surface area contributed by atoms with Gasteiger partial charge in [0.1, 0.15) is 17.4 Å². The molecule has 0 spiro atoms. The van der Waals surface area contributed by atoms with E-state index < -0.39 is 18.2 Å². The monoisotopic (exact) mass is 453 g/mol. The number of hydrogen-bond donors (Lipinski definition) is 3. The summed E-state index contributed by atoms with van der Waals surface area (Å²) < 4.78 is 5.72. The molecule has 6 nitrogen and oxygen atoms in total. The lowest BCUT2D eigenvalue weighted by Crippen LogP contribution is -2.28. The summed E-state index contributed by atoms with van der Waals surface area (Å²) in [4.78, 5) is 24.8. The number of aliphatic hydroxyl groups excluding tert-OH is 1. The molecule has 1 heterocycles. The molecule has 3 unspecified atom stereocenters. The van der Waals surface area contributed by atoms with Crippen LogP contribution in [-0.2, 0) is 16.0 Å². The molecule has 0 fully saturated rings. The molecule has 2 rings (SSSR count). The van der Waals surface area contributed by atoms with E-state index in [0.717, 1.165) is 19.3 Å². The largest absolute Gasteiger partial charge is 0.507 e. The fourth-order valence-electron chi connectivity index (χ4n) is 3.54. The van der Waals surface area contributed by atoms with Crippen LogP contribution in [0.3, 0.4) is 0 Å². The van der Waals surface area contributed by atoms with Crippen LogP contribution in [0.5, 0.6) is 5.75 Å². The summed E-state index contributed by atoms with van der Waals surface area (Å²) in [6.45, 7) is 3.99. The van der Waals surface area contributed by atoms with E-state index in [9.17, 15) is 19.8 Å². The zero-order chi connectivity index (χ0) is 24.1. The number of phenolic OH excluding ortho intramolecular Hbond substituents is 1. The van der Waals surface area contributed by atoms with Crippen molar-refractivity contribution in [3.8, 4) is 5.75 Å². The number of nitrogens with one attached hydrogen (secondary N) is 1. The van der Waals surface area contributed by atoms with E-state index in [4.69, 9.17) is 4.74 Å². The molecule has 1 aliphatic rings. The minimum Gasteiger partial charge on any atom is -0.507 e. The molecular weight excluding hydrogens is 418 g/mol. The van der Waals surface area contributed by atoms with Gasteiger partial charge in [0.2, 0.25) is 5.91 Å². The third-order valence-electron chi connectivity index (χ3n) is 5.53. The van der Waals surface area contributed by atoms with Gasteiger partial charge in [-0.15, -0.1) is 0 Å². The summed E-state index contributed by atoms with van der Waals surface area (Å²) >= 11 is 0. The van der Waals surface area contributed by atoms with E-state index in [0.29, 0.717) is 18.4 Å². The van der Waals surface area contributed by atoms with Crippen molar-refractivity contribution in [3.05, 3.63) is 78.1 Å². The number of cyclic esters (lactones) is 1. The summed E-state index contributed by atoms with van der Waals surface area (Å²) in [5, 5.41) is 23.6. The highest BCUT2D eigenvalue weighted by Gasteiger charge is 2.25. The fourth-order valence-corrected chi connectivity index (χ4v) is 3.54. The van der Waals surface area contributed by atoms with Gasteiger partial charge in [0.15, 0.2) is 0 Å². The highest BCUT2D eigenvalue weighted by atomic mass is 16.5. The van der Waals surface area contributed by atoms with Crippen LogP contribution in [0.1, 0.15) is 61.9 Å². The van der Waals surface area contributed by atoms with Gasteiger partial charge >= 0.3 is 5.97 Å². The number of carbonyl (C=O) groups excluding carboxylic acids is 2. The topological polar surface area (TPSA) is 95.9 Å². The van der Waals surface area contributed by atoms with Gasteiger partial charge in [-0.1, -0.05) is 62.4 Å². The maximum Gasteiger partial charge on any atom is 0.342 e. The second kappa shape index (κ2) is 14.1. The Morgan fingerprint density at radius 2 is 2.06 bits per heavy atom. The summed E-state index contributed by atoms with van der Waals surface area (Å²) in [7, 11) is 0. The second-order valence-corrected chi connectivity index (χ2v) is 8.21. The standard InChI is InChI=1S/C27H35NO5/c1-3-4-5-9-17-25(31)28-18-11-15-22-19-24(30)20(2)12-7-6-8-13-21-14-10-16-23(29)26(21)27(32)33-22/h4-6,8-11,14,16-18,20,22,24,29-30H,3,7,12-13,15,19H2,1-2H3,(H,28,31)/b5-4-,8-6+,17-9-,18-11+. The highest BCUT2D eigenvalue weighted by Crippen LogP contribution is 2.26. The molecule has 0 aromatic heterocycles. The van der Waals surface area contributed by atoms with Crippen LogP contribution in [0.2, 0.25) is 0 Å². The Morgan fingerprint density at radius 1 is 1.24 bits per heavy atom. The minimum absolute atomic E-state index is 0.0392. The van der Waals surface area contributed by atoms with E-state index in [1.165, 1.54) is 18.3 Å². The first kappa shape index (κ1) is 26.1. The smallest absolute Gasteiger partial charge is 0.342 e. The first-order valence-electron chi connectivity index (χ1n) is 11.6. The van der Waals surface area contributed by atoms with Crippen molar-refractivity contribution in [2.75, 3.05) is 0 Å². The summed E-state index contributed by atoms with van der Waals surface area (Å²) in [5.74, 6) is -0.972. The van der Waals surface area contributed by atoms with Crippen LogP contribution in [0.4, 0.5) is 0 Å². The SMILES string of the molecule is CC/C=C\C=C/C(=O)N/C=C/CC1CC(O)C(C)CC/C=C/Cc2cccc(O)c2C(=O)O1. The van der Waals surface area contributed by atoms with E-state index in [2.05, 4.69) is 5.32 Å². The van der Waals surface area contributed by atoms with Crippen molar-refractivity contribution in [3.63, 3.8) is 0 Å². The summed E-state index contributed by atoms with van der Waals surface area (Å²) in [6.07, 6.45) is 16.4. The predicted molar refractivity (Wildman–Crippen MR) is 130 cm³/mol. The lowest BCUT2D eigenvalue weighted by atomic mass is 9.93. The lowest BCUT2D eigenvalue weighted by Gasteiger charge is -2.24. The average molecular weight is 454 g/mol. The molecular formula is C27H35NO5. The highest BCUT2D eigenvalue weighted by molar-refractivity contribution is 5.94. The molecule has 6 heteroatoms. The van der Waals surface area contributed by atoms with Crippen molar-refractivity contribution < 1.29 is 24.5 Å². The van der Waals surface area contributed by atoms with Crippen LogP contribution < -0.4 is 5.32 Å². The molecule has 3 N–H and O–H groups in total. The van der Waals surface area contributed by atoms with Crippen molar-refractivity contribution >= 4 is 11.9 Å². The van der Waals surface area contributed by atoms with Crippen molar-refractivity contribution in [1.29, 1.82) is 0 Å². The van der Waals surface area contributed by atoms with E-state index in [1.54, 1.807) is 30.4 Å². The number of hydrogen-bond acceptors (Lipinski definition) is 5. The van der Waals surface area contributed by atoms with Gasteiger partial charge in [0.05, 0.1) is 6.10 Å². The number of ether oxygens (including phenoxy) is 1. The molecule has 0 radical (unpaired) electrons. The first-order chi connectivity index (χ1) is 15.9. The van der Waals surface area contributed by atoms with Crippen LogP contribution in [0.25, 0.3) is 0 Å². The Balaban J connectivity index is 2.12. The number of aliphatic hydroxyl groups is 1. The van der Waals surface area contributed by atoms with Gasteiger partial charge in [-0.25, -0.2) is 4.79 Å². The van der Waals surface area contributed by atoms with E-state index >= 15 is 0 Å². The van der Waals surface area contributed by atoms with Gasteiger partial charge in [-0.05, 0) is 43.2 Å². The van der Waals surface area contributed by atoms with Gasteiger partial charge in [-0.3, -0.25) is 4.79 Å². The van der Waals surface area contributed by atoms with Crippen molar-refractivity contribution in [2.24, 2.45) is 5.92 Å². The zero-order valence-electron chi connectivity index (χ0n) is 19.4. The van der Waals surface area contributed by atoms with Crippen LogP contribution in [0.15, 0.2) is 66.9 Å². The molecule has 1 aromatic carbocycles. The maximum atomic E-state index is 12.9. The zero-order valence-corrected chi connectivity index (χ0v) is 19.4. The van der Waals surface area contributed by atoms with Crippen molar-refractivity contribution in [2.45, 2.75) is 64.6 Å². The number of rotatable bonds is 6. The molecule has 0 saturated carbocycles. The number of carbonyl (C=O) groups is 2.